The fraction of sp³-hybridized carbons (Fsp3) is 0.312. The van der Waals surface area contributed by atoms with Crippen molar-refractivity contribution in [1.82, 2.24) is 14.8 Å². The highest BCUT2D eigenvalue weighted by Gasteiger charge is 2.56. The quantitative estimate of drug-likeness (QED) is 0.358. The number of aromatic amines is 1. The van der Waals surface area contributed by atoms with Gasteiger partial charge in [-0.1, -0.05) is 42.5 Å². The lowest BCUT2D eigenvalue weighted by Gasteiger charge is -2.51. The first-order valence-electron chi connectivity index (χ1n) is 13.6. The molecule has 2 atom stereocenters. The van der Waals surface area contributed by atoms with E-state index in [-0.39, 0.29) is 30.1 Å². The lowest BCUT2D eigenvalue weighted by molar-refractivity contribution is -0.166. The van der Waals surface area contributed by atoms with Gasteiger partial charge in [-0.2, -0.15) is 0 Å². The topological polar surface area (TPSA) is 74.9 Å². The zero-order valence-electron chi connectivity index (χ0n) is 22.9. The van der Waals surface area contributed by atoms with E-state index in [9.17, 15) is 14.0 Å². The summed E-state index contributed by atoms with van der Waals surface area (Å²) in [4.78, 5) is 34.9. The second-order valence-electron chi connectivity index (χ2n) is 10.5. The zero-order chi connectivity index (χ0) is 28.0. The Morgan fingerprint density at radius 1 is 1.07 bits per heavy atom. The molecule has 0 bridgehead atoms. The molecule has 206 valence electrons. The molecule has 0 spiro atoms. The number of hydrogen-bond acceptors (Lipinski definition) is 4. The molecule has 1 unspecified atom stereocenters. The molecule has 0 aliphatic carbocycles. The Hall–Kier alpha value is -4.33. The number of fused-ring (bicyclic) bond motifs is 5. The molecule has 7 nitrogen and oxygen atoms in total. The molecule has 0 saturated carbocycles. The summed E-state index contributed by atoms with van der Waals surface area (Å²) in [5, 5.41) is 1.01. The first-order chi connectivity index (χ1) is 19.4. The normalized spacial score (nSPS) is 20.4. The van der Waals surface area contributed by atoms with Crippen molar-refractivity contribution < 1.29 is 23.5 Å². The number of carbonyl (C=O) groups excluding carboxylic acids is 2. The Morgan fingerprint density at radius 2 is 1.88 bits per heavy atom. The van der Waals surface area contributed by atoms with Crippen LogP contribution in [0.4, 0.5) is 4.39 Å². The van der Waals surface area contributed by atoms with Crippen molar-refractivity contribution in [3.63, 3.8) is 0 Å². The number of piperazine rings is 1. The minimum absolute atomic E-state index is 0.0253. The highest BCUT2D eigenvalue weighted by atomic mass is 19.1. The summed E-state index contributed by atoms with van der Waals surface area (Å²) in [5.41, 5.74) is 3.07. The molecule has 4 aromatic rings. The molecule has 1 aromatic heterocycles. The number of amides is 2. The first kappa shape index (κ1) is 25.9. The Bertz CT molecular complexity index is 1620. The van der Waals surface area contributed by atoms with Gasteiger partial charge in [-0.05, 0) is 55.7 Å². The van der Waals surface area contributed by atoms with Crippen LogP contribution < -0.4 is 9.47 Å². The molecule has 8 heteroatoms. The van der Waals surface area contributed by atoms with Crippen LogP contribution in [-0.2, 0) is 21.5 Å². The van der Waals surface area contributed by atoms with Gasteiger partial charge in [0, 0.05) is 35.5 Å². The summed E-state index contributed by atoms with van der Waals surface area (Å²) in [5.74, 6) is 0.429. The number of methoxy groups -OCH3 is 1. The van der Waals surface area contributed by atoms with Crippen LogP contribution in [-0.4, -0.2) is 59.9 Å². The number of ether oxygens (including phenoxy) is 2. The number of para-hydroxylation sites is 2. The van der Waals surface area contributed by atoms with Crippen molar-refractivity contribution in [3.8, 4) is 11.5 Å². The fourth-order valence-electron chi connectivity index (χ4n) is 6.36. The summed E-state index contributed by atoms with van der Waals surface area (Å²) < 4.78 is 25.5. The van der Waals surface area contributed by atoms with E-state index >= 15 is 0 Å². The maximum absolute atomic E-state index is 14.3. The second-order valence-corrected chi connectivity index (χ2v) is 10.5. The number of H-pyrrole nitrogens is 1. The standard InChI is InChI=1S/C32H32FN3O4/c1-4-40-29-22(12-8-14-26(29)39-3)24-18-36-27(37)19-35(16-15-20-9-7-10-21(33)17-20)31(38)32(36,2)30-28(24)23-11-5-6-13-25(23)34-30/h5-14,17,24,34H,4,15-16,18-19H2,1-3H3/t24?,32-/m0/s1. The van der Waals surface area contributed by atoms with Gasteiger partial charge in [-0.3, -0.25) is 9.59 Å². The SMILES string of the molecule is CCOc1c(OC)cccc1C1CN2C(=O)CN(CCc3cccc(F)c3)C(=O)[C@]2(C)c2[nH]c3ccccc3c21. The fourth-order valence-corrected chi connectivity index (χ4v) is 6.36. The summed E-state index contributed by atoms with van der Waals surface area (Å²) in [6.07, 6.45) is 0.455. The van der Waals surface area contributed by atoms with Gasteiger partial charge >= 0.3 is 0 Å². The zero-order valence-corrected chi connectivity index (χ0v) is 22.9. The van der Waals surface area contributed by atoms with Gasteiger partial charge in [0.05, 0.1) is 26.0 Å². The van der Waals surface area contributed by atoms with Crippen LogP contribution in [0.1, 0.15) is 42.1 Å². The number of aromatic nitrogens is 1. The molecule has 1 fully saturated rings. The number of nitrogens with zero attached hydrogens (tertiary/aromatic N) is 2. The van der Waals surface area contributed by atoms with Gasteiger partial charge in [-0.25, -0.2) is 4.39 Å². The van der Waals surface area contributed by atoms with E-state index in [1.165, 1.54) is 12.1 Å². The number of nitrogens with one attached hydrogen (secondary N) is 1. The summed E-state index contributed by atoms with van der Waals surface area (Å²) in [6.45, 7) is 4.84. The Balaban J connectivity index is 1.47. The average molecular weight is 542 g/mol. The molecular weight excluding hydrogens is 509 g/mol. The van der Waals surface area contributed by atoms with Gasteiger partial charge in [0.1, 0.15) is 5.82 Å². The van der Waals surface area contributed by atoms with Gasteiger partial charge in [0.2, 0.25) is 5.91 Å². The van der Waals surface area contributed by atoms with Gasteiger partial charge in [0.15, 0.2) is 17.0 Å². The summed E-state index contributed by atoms with van der Waals surface area (Å²) in [6, 6.07) is 20.1. The minimum atomic E-state index is -1.22. The van der Waals surface area contributed by atoms with E-state index in [1.54, 1.807) is 23.0 Å². The predicted molar refractivity (Wildman–Crippen MR) is 150 cm³/mol. The maximum Gasteiger partial charge on any atom is 0.254 e. The molecule has 0 radical (unpaired) electrons. The molecule has 2 amide bonds. The van der Waals surface area contributed by atoms with Crippen molar-refractivity contribution in [3.05, 3.63) is 94.9 Å². The van der Waals surface area contributed by atoms with E-state index in [0.29, 0.717) is 43.3 Å². The first-order valence-corrected chi connectivity index (χ1v) is 13.6. The number of halogens is 1. The summed E-state index contributed by atoms with van der Waals surface area (Å²) in [7, 11) is 1.61. The molecule has 2 aliphatic rings. The van der Waals surface area contributed by atoms with Crippen molar-refractivity contribution in [2.75, 3.05) is 33.4 Å². The van der Waals surface area contributed by atoms with Gasteiger partial charge in [0.25, 0.3) is 5.91 Å². The van der Waals surface area contributed by atoms with E-state index in [4.69, 9.17) is 9.47 Å². The lowest BCUT2D eigenvalue weighted by atomic mass is 9.76. The van der Waals surface area contributed by atoms with E-state index < -0.39 is 5.54 Å². The van der Waals surface area contributed by atoms with Gasteiger partial charge < -0.3 is 24.3 Å². The number of benzene rings is 3. The second kappa shape index (κ2) is 10.0. The van der Waals surface area contributed by atoms with Crippen LogP contribution in [0.5, 0.6) is 11.5 Å². The highest BCUT2D eigenvalue weighted by molar-refractivity contribution is 6.01. The van der Waals surface area contributed by atoms with Crippen molar-refractivity contribution in [2.24, 2.45) is 0 Å². The lowest BCUT2D eigenvalue weighted by Crippen LogP contribution is -2.67. The van der Waals surface area contributed by atoms with Crippen LogP contribution >= 0.6 is 0 Å². The van der Waals surface area contributed by atoms with Crippen molar-refractivity contribution in [1.29, 1.82) is 0 Å². The predicted octanol–water partition coefficient (Wildman–Crippen LogP) is 4.99. The number of rotatable bonds is 7. The Morgan fingerprint density at radius 3 is 2.65 bits per heavy atom. The molecule has 3 heterocycles. The van der Waals surface area contributed by atoms with Crippen LogP contribution in [0.2, 0.25) is 0 Å². The average Bonchev–Trinajstić information content (AvgIpc) is 3.36. The smallest absolute Gasteiger partial charge is 0.254 e. The molecule has 6 rings (SSSR count). The van der Waals surface area contributed by atoms with Crippen LogP contribution in [0, 0.1) is 5.82 Å². The molecular formula is C32H32FN3O4. The van der Waals surface area contributed by atoms with Crippen LogP contribution in [0.15, 0.2) is 66.7 Å². The molecule has 40 heavy (non-hydrogen) atoms. The largest absolute Gasteiger partial charge is 0.493 e. The van der Waals surface area contributed by atoms with E-state index in [2.05, 4.69) is 4.98 Å². The van der Waals surface area contributed by atoms with E-state index in [1.807, 2.05) is 62.4 Å². The Labute approximate surface area is 232 Å². The molecule has 3 aromatic carbocycles. The molecule has 2 aliphatic heterocycles. The summed E-state index contributed by atoms with van der Waals surface area (Å²) >= 11 is 0. The number of carbonyl (C=O) groups is 2. The van der Waals surface area contributed by atoms with Crippen molar-refractivity contribution in [2.45, 2.75) is 31.7 Å². The molecule has 1 N–H and O–H groups in total. The van der Waals surface area contributed by atoms with E-state index in [0.717, 1.165) is 27.6 Å². The monoisotopic (exact) mass is 541 g/mol. The van der Waals surface area contributed by atoms with Crippen LogP contribution in [0.3, 0.4) is 0 Å². The molecule has 1 saturated heterocycles. The maximum atomic E-state index is 14.3. The van der Waals surface area contributed by atoms with Gasteiger partial charge in [-0.15, -0.1) is 0 Å². The van der Waals surface area contributed by atoms with Crippen LogP contribution in [0.25, 0.3) is 10.9 Å². The highest BCUT2D eigenvalue weighted by Crippen LogP contribution is 2.50. The number of hydrogen-bond donors (Lipinski definition) is 1. The third-order valence-electron chi connectivity index (χ3n) is 8.27. The van der Waals surface area contributed by atoms with Crippen molar-refractivity contribution >= 4 is 22.7 Å². The minimum Gasteiger partial charge on any atom is -0.493 e. The third kappa shape index (κ3) is 4.01. The third-order valence-corrected chi connectivity index (χ3v) is 8.27. The Kier molecular flexibility index (Phi) is 6.49.